The molecule has 0 aliphatic heterocycles. The molecule has 4 heteroatoms. The lowest BCUT2D eigenvalue weighted by atomic mass is 9.68. The first-order valence-electron chi connectivity index (χ1n) is 15.5. The number of rotatable bonds is 8. The monoisotopic (exact) mass is 542 g/mol. The molecule has 2 fully saturated rings. The van der Waals surface area contributed by atoms with Gasteiger partial charge in [0, 0.05) is 11.1 Å². The van der Waals surface area contributed by atoms with Crippen LogP contribution >= 0.6 is 0 Å². The van der Waals surface area contributed by atoms with Crippen molar-refractivity contribution in [3.8, 4) is 22.3 Å². The molecule has 0 spiro atoms. The topological polar surface area (TPSA) is 0 Å². The Labute approximate surface area is 239 Å². The predicted molar refractivity (Wildman–Crippen MR) is 164 cm³/mol. The first kappa shape index (κ1) is 28.8. The van der Waals surface area contributed by atoms with Gasteiger partial charge in [-0.3, -0.25) is 0 Å². The molecule has 0 aromatic heterocycles. The Hall–Kier alpha value is -2.75. The van der Waals surface area contributed by atoms with E-state index >= 15 is 4.39 Å². The highest BCUT2D eigenvalue weighted by atomic mass is 19.2. The van der Waals surface area contributed by atoms with E-state index in [1.54, 1.807) is 50.3 Å². The Kier molecular flexibility index (Phi) is 9.55. The summed E-state index contributed by atoms with van der Waals surface area (Å²) in [6.45, 7) is 2.11. The molecule has 2 aliphatic carbocycles. The van der Waals surface area contributed by atoms with E-state index in [9.17, 15) is 8.78 Å². The predicted octanol–water partition coefficient (Wildman–Crippen LogP) is 10.0. The SMILES string of the molecule is BCc1ccc(-c2ccc(-c3ccc(C4CCC(C5CCC(CC/C=C/C)CC5)CC4)cc3F)cc2)c(F)c1F. The van der Waals surface area contributed by atoms with E-state index in [0.717, 1.165) is 41.7 Å². The highest BCUT2D eigenvalue weighted by molar-refractivity contribution is 6.08. The Balaban J connectivity index is 1.18. The zero-order valence-corrected chi connectivity index (χ0v) is 24.1. The fourth-order valence-electron chi connectivity index (χ4n) is 7.31. The van der Waals surface area contributed by atoms with Gasteiger partial charge in [0.25, 0.3) is 0 Å². The van der Waals surface area contributed by atoms with Crippen LogP contribution in [0.25, 0.3) is 22.3 Å². The molecule has 2 saturated carbocycles. The Morgan fingerprint density at radius 1 is 0.725 bits per heavy atom. The van der Waals surface area contributed by atoms with Crippen LogP contribution in [-0.4, -0.2) is 7.85 Å². The lowest BCUT2D eigenvalue weighted by molar-refractivity contribution is 0.157. The Morgan fingerprint density at radius 3 is 1.93 bits per heavy atom. The van der Waals surface area contributed by atoms with Gasteiger partial charge in [0.2, 0.25) is 0 Å². The van der Waals surface area contributed by atoms with Gasteiger partial charge in [-0.05, 0) is 110 Å². The van der Waals surface area contributed by atoms with E-state index in [2.05, 4.69) is 25.1 Å². The normalized spacial score (nSPS) is 23.5. The lowest BCUT2D eigenvalue weighted by Crippen LogP contribution is -2.25. The van der Waals surface area contributed by atoms with Gasteiger partial charge in [0.1, 0.15) is 13.7 Å². The molecule has 40 heavy (non-hydrogen) atoms. The minimum atomic E-state index is -0.829. The average Bonchev–Trinajstić information content (AvgIpc) is 2.99. The van der Waals surface area contributed by atoms with Crippen molar-refractivity contribution in [1.29, 1.82) is 0 Å². The van der Waals surface area contributed by atoms with Crippen molar-refractivity contribution in [3.63, 3.8) is 0 Å². The van der Waals surface area contributed by atoms with Crippen LogP contribution in [0.3, 0.4) is 0 Å². The van der Waals surface area contributed by atoms with E-state index in [4.69, 9.17) is 0 Å². The standard InChI is InChI=1S/C36H42BF3/c1-2-3-4-5-24-6-8-25(9-7-24)26-10-12-27(13-11-26)30-18-20-32(34(38)22-30)28-14-16-29(17-15-28)33-21-19-31(23-37)35(39)36(33)40/h2-3,14-22,24-27H,4-13,23,37H2,1H3/b3-2+. The van der Waals surface area contributed by atoms with Crippen molar-refractivity contribution in [2.45, 2.75) is 83.4 Å². The maximum absolute atomic E-state index is 15.3. The molecule has 0 N–H and O–H groups in total. The quantitative estimate of drug-likeness (QED) is 0.196. The summed E-state index contributed by atoms with van der Waals surface area (Å²) in [5.41, 5.74) is 3.57. The Bertz CT molecular complexity index is 1300. The van der Waals surface area contributed by atoms with Crippen LogP contribution < -0.4 is 0 Å². The third-order valence-corrected chi connectivity index (χ3v) is 9.82. The molecule has 2 aliphatic rings. The number of halogens is 3. The summed E-state index contributed by atoms with van der Waals surface area (Å²) in [4.78, 5) is 0. The van der Waals surface area contributed by atoms with Crippen LogP contribution in [0.4, 0.5) is 13.2 Å². The number of benzene rings is 3. The second-order valence-corrected chi connectivity index (χ2v) is 12.1. The van der Waals surface area contributed by atoms with Gasteiger partial charge < -0.3 is 0 Å². The molecule has 3 aromatic rings. The molecule has 5 rings (SSSR count). The van der Waals surface area contributed by atoms with Gasteiger partial charge in [-0.15, -0.1) is 0 Å². The van der Waals surface area contributed by atoms with Gasteiger partial charge in [-0.2, -0.15) is 0 Å². The number of hydrogen-bond acceptors (Lipinski definition) is 0. The zero-order chi connectivity index (χ0) is 28.1. The fourth-order valence-corrected chi connectivity index (χ4v) is 7.31. The molecule has 0 heterocycles. The summed E-state index contributed by atoms with van der Waals surface area (Å²) in [7, 11) is 1.80. The molecule has 0 unspecified atom stereocenters. The van der Waals surface area contributed by atoms with Crippen LogP contribution in [0.1, 0.15) is 88.2 Å². The summed E-state index contributed by atoms with van der Waals surface area (Å²) in [5.74, 6) is 1.24. The number of allylic oxidation sites excluding steroid dienone is 2. The third-order valence-electron chi connectivity index (χ3n) is 9.82. The van der Waals surface area contributed by atoms with Crippen LogP contribution in [0, 0.1) is 35.2 Å². The zero-order valence-electron chi connectivity index (χ0n) is 24.1. The van der Waals surface area contributed by atoms with E-state index < -0.39 is 11.6 Å². The summed E-state index contributed by atoms with van der Waals surface area (Å²) in [5, 5.41) is 0. The molecule has 210 valence electrons. The maximum Gasteiger partial charge on any atom is 0.166 e. The van der Waals surface area contributed by atoms with Gasteiger partial charge in [-0.25, -0.2) is 13.2 Å². The Morgan fingerprint density at radius 2 is 1.32 bits per heavy atom. The third kappa shape index (κ3) is 6.42. The average molecular weight is 543 g/mol. The summed E-state index contributed by atoms with van der Waals surface area (Å²) in [6, 6.07) is 16.0. The van der Waals surface area contributed by atoms with Gasteiger partial charge in [-0.1, -0.05) is 79.8 Å². The minimum absolute atomic E-state index is 0.215. The minimum Gasteiger partial charge on any atom is -0.206 e. The smallest absolute Gasteiger partial charge is 0.166 e. The molecular formula is C36H42BF3. The van der Waals surface area contributed by atoms with Crippen molar-refractivity contribution in [2.75, 3.05) is 0 Å². The molecule has 0 atom stereocenters. The summed E-state index contributed by atoms with van der Waals surface area (Å²) >= 11 is 0. The van der Waals surface area contributed by atoms with Gasteiger partial charge in [0.15, 0.2) is 11.6 Å². The maximum atomic E-state index is 15.3. The second-order valence-electron chi connectivity index (χ2n) is 12.1. The first-order valence-corrected chi connectivity index (χ1v) is 15.5. The van der Waals surface area contributed by atoms with Crippen molar-refractivity contribution in [1.82, 2.24) is 0 Å². The van der Waals surface area contributed by atoms with Gasteiger partial charge >= 0.3 is 0 Å². The van der Waals surface area contributed by atoms with Gasteiger partial charge in [0.05, 0.1) is 0 Å². The van der Waals surface area contributed by atoms with Crippen molar-refractivity contribution >= 4 is 7.85 Å². The number of hydrogen-bond donors (Lipinski definition) is 0. The van der Waals surface area contributed by atoms with Crippen molar-refractivity contribution in [2.24, 2.45) is 17.8 Å². The van der Waals surface area contributed by atoms with Crippen LogP contribution in [0.2, 0.25) is 0 Å². The van der Waals surface area contributed by atoms with E-state index in [1.807, 2.05) is 6.07 Å². The van der Waals surface area contributed by atoms with E-state index in [-0.39, 0.29) is 11.4 Å². The largest absolute Gasteiger partial charge is 0.206 e. The summed E-state index contributed by atoms with van der Waals surface area (Å²) < 4.78 is 44.2. The fraction of sp³-hybridized carbons (Fsp3) is 0.444. The van der Waals surface area contributed by atoms with Crippen LogP contribution in [0.15, 0.2) is 66.7 Å². The second kappa shape index (κ2) is 13.3. The van der Waals surface area contributed by atoms with E-state index in [0.29, 0.717) is 28.9 Å². The van der Waals surface area contributed by atoms with Crippen molar-refractivity contribution in [3.05, 3.63) is 95.3 Å². The summed E-state index contributed by atoms with van der Waals surface area (Å²) in [6.07, 6.45) is 17.9. The molecule has 0 radical (unpaired) electrons. The van der Waals surface area contributed by atoms with Crippen molar-refractivity contribution < 1.29 is 13.2 Å². The highest BCUT2D eigenvalue weighted by Gasteiger charge is 2.31. The van der Waals surface area contributed by atoms with Crippen LogP contribution in [0.5, 0.6) is 0 Å². The molecule has 0 bridgehead atoms. The van der Waals surface area contributed by atoms with Crippen LogP contribution in [-0.2, 0) is 6.32 Å². The lowest BCUT2D eigenvalue weighted by Gasteiger charge is -2.38. The molecule has 3 aromatic carbocycles. The molecular weight excluding hydrogens is 500 g/mol. The molecule has 0 saturated heterocycles. The highest BCUT2D eigenvalue weighted by Crippen LogP contribution is 2.45. The molecule has 0 amide bonds. The first-order chi connectivity index (χ1) is 19.5. The van der Waals surface area contributed by atoms with E-state index in [1.165, 1.54) is 51.4 Å². The molecule has 0 nitrogen and oxygen atoms in total.